The normalized spacial score (nSPS) is 13.4. The highest BCUT2D eigenvalue weighted by Gasteiger charge is 2.40. The molecular formula is C42H23BN2O2. The van der Waals surface area contributed by atoms with E-state index in [1.165, 1.54) is 65.3 Å². The van der Waals surface area contributed by atoms with Gasteiger partial charge in [-0.25, -0.2) is 0 Å². The summed E-state index contributed by atoms with van der Waals surface area (Å²) in [4.78, 5) is 0. The zero-order chi connectivity index (χ0) is 30.4. The number of ether oxygens (including phenoxy) is 2. The van der Waals surface area contributed by atoms with Crippen LogP contribution in [0.15, 0.2) is 140 Å². The molecule has 0 spiro atoms. The van der Waals surface area contributed by atoms with Crippen LogP contribution in [-0.4, -0.2) is 15.7 Å². The van der Waals surface area contributed by atoms with Crippen molar-refractivity contribution in [2.75, 3.05) is 0 Å². The lowest BCUT2D eigenvalue weighted by molar-refractivity contribution is 0.464. The number of fused-ring (bicyclic) bond motifs is 14. The molecule has 0 bridgehead atoms. The monoisotopic (exact) mass is 598 g/mol. The van der Waals surface area contributed by atoms with Crippen molar-refractivity contribution in [1.29, 1.82) is 0 Å². The minimum Gasteiger partial charge on any atom is -0.458 e. The van der Waals surface area contributed by atoms with Crippen LogP contribution < -0.4 is 25.9 Å². The molecule has 3 aromatic heterocycles. The van der Waals surface area contributed by atoms with Crippen molar-refractivity contribution in [3.8, 4) is 28.7 Å². The molecular weight excluding hydrogens is 575 g/mol. The summed E-state index contributed by atoms with van der Waals surface area (Å²) in [5.41, 5.74) is 10.5. The van der Waals surface area contributed by atoms with Crippen LogP contribution >= 0.6 is 0 Å². The fraction of sp³-hybridized carbons (Fsp3) is 0. The van der Waals surface area contributed by atoms with Crippen LogP contribution in [0, 0.1) is 0 Å². The summed E-state index contributed by atoms with van der Waals surface area (Å²) in [6.45, 7) is 0.0435. The topological polar surface area (TPSA) is 27.8 Å². The van der Waals surface area contributed by atoms with E-state index >= 15 is 0 Å². The Morgan fingerprint density at radius 2 is 0.936 bits per heavy atom. The lowest BCUT2D eigenvalue weighted by atomic mass is 9.35. The quantitative estimate of drug-likeness (QED) is 0.177. The lowest BCUT2D eigenvalue weighted by Crippen LogP contribution is -2.57. The van der Waals surface area contributed by atoms with Gasteiger partial charge in [-0.3, -0.25) is 0 Å². The molecule has 0 fully saturated rings. The third kappa shape index (κ3) is 2.87. The first-order valence-corrected chi connectivity index (χ1v) is 16.1. The lowest BCUT2D eigenvalue weighted by Gasteiger charge is -2.33. The fourth-order valence-electron chi connectivity index (χ4n) is 8.73. The minimum absolute atomic E-state index is 0.0435. The molecule has 2 aliphatic heterocycles. The second kappa shape index (κ2) is 8.33. The fourth-order valence-corrected chi connectivity index (χ4v) is 8.73. The maximum atomic E-state index is 6.74. The van der Waals surface area contributed by atoms with Crippen LogP contribution in [-0.2, 0) is 0 Å². The van der Waals surface area contributed by atoms with Crippen molar-refractivity contribution in [2.24, 2.45) is 0 Å². The van der Waals surface area contributed by atoms with E-state index in [1.807, 2.05) is 0 Å². The molecule has 10 aromatic rings. The Kier molecular flexibility index (Phi) is 4.27. The van der Waals surface area contributed by atoms with Crippen molar-refractivity contribution in [3.05, 3.63) is 140 Å². The molecule has 216 valence electrons. The Balaban J connectivity index is 1.25. The molecule has 5 heterocycles. The molecule has 0 atom stereocenters. The van der Waals surface area contributed by atoms with Gasteiger partial charge in [0.2, 0.25) is 0 Å². The average Bonchev–Trinajstić information content (AvgIpc) is 3.76. The third-order valence-corrected chi connectivity index (χ3v) is 10.5. The van der Waals surface area contributed by atoms with E-state index in [1.54, 1.807) is 0 Å². The largest absolute Gasteiger partial charge is 0.458 e. The number of hydrogen-bond acceptors (Lipinski definition) is 2. The van der Waals surface area contributed by atoms with E-state index in [4.69, 9.17) is 9.47 Å². The summed E-state index contributed by atoms with van der Waals surface area (Å²) in [7, 11) is 0. The molecule has 4 nitrogen and oxygen atoms in total. The highest BCUT2D eigenvalue weighted by molar-refractivity contribution is 6.98. The SMILES string of the molecule is c1ccc2c(c1)Oc1cc(-n3c4ccccc4c4cc5c6ccccc6n6c7ccccc7c(c43)c56)cc3c1B2c1ccccc1O3. The molecule has 0 aliphatic carbocycles. The standard InChI is InChI=1S/C42H23BN2O2/c1-6-16-32-25(11-1)28-23-29-26-12-2-7-17-33(26)45-34-18-8-3-13-27(34)39(42(29)45)41(28)44(32)24-21-37-40-38(22-24)47-36-20-10-5-15-31(36)43(40)30-14-4-9-19-35(30)46-37/h1-23H. The maximum Gasteiger partial charge on any atom is 0.260 e. The smallest absolute Gasteiger partial charge is 0.260 e. The molecule has 0 saturated heterocycles. The number of para-hydroxylation sites is 5. The van der Waals surface area contributed by atoms with Crippen molar-refractivity contribution in [1.82, 2.24) is 8.97 Å². The van der Waals surface area contributed by atoms with E-state index in [0.29, 0.717) is 0 Å². The number of rotatable bonds is 1. The van der Waals surface area contributed by atoms with Gasteiger partial charge < -0.3 is 18.4 Å². The molecule has 7 aromatic carbocycles. The van der Waals surface area contributed by atoms with Gasteiger partial charge in [0.25, 0.3) is 6.71 Å². The Bertz CT molecular complexity index is 2920. The first-order valence-electron chi connectivity index (χ1n) is 16.1. The zero-order valence-electron chi connectivity index (χ0n) is 25.1. The summed E-state index contributed by atoms with van der Waals surface area (Å²) in [5, 5.41) is 7.55. The van der Waals surface area contributed by atoms with Gasteiger partial charge in [-0.15, -0.1) is 0 Å². The molecule has 2 aliphatic rings. The highest BCUT2D eigenvalue weighted by atomic mass is 16.5. The van der Waals surface area contributed by atoms with E-state index in [0.717, 1.165) is 39.7 Å². The molecule has 0 saturated carbocycles. The van der Waals surface area contributed by atoms with E-state index in [2.05, 4.69) is 148 Å². The molecule has 0 amide bonds. The first-order chi connectivity index (χ1) is 23.3. The molecule has 0 N–H and O–H groups in total. The van der Waals surface area contributed by atoms with Gasteiger partial charge in [-0.05, 0) is 47.3 Å². The molecule has 0 radical (unpaired) electrons. The zero-order valence-corrected chi connectivity index (χ0v) is 25.1. The number of benzene rings is 7. The number of aromatic nitrogens is 2. The van der Waals surface area contributed by atoms with E-state index < -0.39 is 0 Å². The van der Waals surface area contributed by atoms with Crippen LogP contribution in [0.4, 0.5) is 0 Å². The molecule has 0 unspecified atom stereocenters. The maximum absolute atomic E-state index is 6.74. The predicted molar refractivity (Wildman–Crippen MR) is 193 cm³/mol. The predicted octanol–water partition coefficient (Wildman–Crippen LogP) is 8.66. The van der Waals surface area contributed by atoms with Crippen LogP contribution in [0.25, 0.3) is 65.6 Å². The van der Waals surface area contributed by atoms with Gasteiger partial charge in [0.05, 0.1) is 33.3 Å². The number of hydrogen-bond donors (Lipinski definition) is 0. The molecule has 5 heteroatoms. The van der Waals surface area contributed by atoms with Crippen LogP contribution in [0.1, 0.15) is 0 Å². The number of nitrogens with zero attached hydrogens (tertiary/aromatic N) is 2. The molecule has 47 heavy (non-hydrogen) atoms. The summed E-state index contributed by atoms with van der Waals surface area (Å²) < 4.78 is 18.4. The van der Waals surface area contributed by atoms with E-state index in [9.17, 15) is 0 Å². The van der Waals surface area contributed by atoms with Crippen molar-refractivity contribution in [2.45, 2.75) is 0 Å². The van der Waals surface area contributed by atoms with Crippen molar-refractivity contribution < 1.29 is 9.47 Å². The second-order valence-corrected chi connectivity index (χ2v) is 12.8. The second-order valence-electron chi connectivity index (χ2n) is 12.8. The third-order valence-electron chi connectivity index (χ3n) is 10.5. The Labute approximate surface area is 269 Å². The Morgan fingerprint density at radius 3 is 1.62 bits per heavy atom. The van der Waals surface area contributed by atoms with Gasteiger partial charge in [0, 0.05) is 49.9 Å². The summed E-state index contributed by atoms with van der Waals surface area (Å²) in [6, 6.07) is 50.1. The van der Waals surface area contributed by atoms with Gasteiger partial charge in [-0.1, -0.05) is 91.0 Å². The van der Waals surface area contributed by atoms with Gasteiger partial charge in [0.15, 0.2) is 0 Å². The minimum atomic E-state index is 0.0435. The molecule has 12 rings (SSSR count). The summed E-state index contributed by atoms with van der Waals surface area (Å²) in [5.74, 6) is 3.47. The van der Waals surface area contributed by atoms with Gasteiger partial charge >= 0.3 is 0 Å². The van der Waals surface area contributed by atoms with Gasteiger partial charge in [0.1, 0.15) is 23.0 Å². The highest BCUT2D eigenvalue weighted by Crippen LogP contribution is 2.47. The summed E-state index contributed by atoms with van der Waals surface area (Å²) in [6.07, 6.45) is 0. The van der Waals surface area contributed by atoms with Crippen LogP contribution in [0.5, 0.6) is 23.0 Å². The Morgan fingerprint density at radius 1 is 0.426 bits per heavy atom. The average molecular weight is 598 g/mol. The summed E-state index contributed by atoms with van der Waals surface area (Å²) >= 11 is 0. The van der Waals surface area contributed by atoms with E-state index in [-0.39, 0.29) is 6.71 Å². The van der Waals surface area contributed by atoms with Crippen molar-refractivity contribution in [3.63, 3.8) is 0 Å². The van der Waals surface area contributed by atoms with Crippen LogP contribution in [0.2, 0.25) is 0 Å². The van der Waals surface area contributed by atoms with Gasteiger partial charge in [-0.2, -0.15) is 0 Å². The van der Waals surface area contributed by atoms with Crippen molar-refractivity contribution >= 4 is 83.0 Å². The Hall–Kier alpha value is -6.20. The van der Waals surface area contributed by atoms with Crippen LogP contribution in [0.3, 0.4) is 0 Å². The first kappa shape index (κ1) is 24.1.